The van der Waals surface area contributed by atoms with Crippen molar-refractivity contribution in [3.05, 3.63) is 33.9 Å². The van der Waals surface area contributed by atoms with E-state index >= 15 is 0 Å². The van der Waals surface area contributed by atoms with Crippen LogP contribution in [0.2, 0.25) is 0 Å². The lowest BCUT2D eigenvalue weighted by atomic mass is 9.91. The standard InChI is InChI=1S/C18H28N2O/c1-6-19-7-9-20(10-8-19)12-17(21)18-15(4)13(2)11-14(3)16(18)5/h11H,6-10,12H2,1-5H3. The van der Waals surface area contributed by atoms with Crippen molar-refractivity contribution in [3.8, 4) is 0 Å². The second kappa shape index (κ2) is 6.71. The molecule has 1 fully saturated rings. The maximum atomic E-state index is 12.8. The molecule has 2 rings (SSSR count). The molecule has 0 bridgehead atoms. The van der Waals surface area contributed by atoms with Crippen LogP contribution in [0.15, 0.2) is 6.07 Å². The first-order valence-electron chi connectivity index (χ1n) is 7.99. The van der Waals surface area contributed by atoms with Crippen molar-refractivity contribution in [2.75, 3.05) is 39.3 Å². The molecule has 3 heteroatoms. The van der Waals surface area contributed by atoms with Gasteiger partial charge in [0.15, 0.2) is 5.78 Å². The van der Waals surface area contributed by atoms with E-state index < -0.39 is 0 Å². The molecule has 0 saturated carbocycles. The molecule has 1 aromatic carbocycles. The van der Waals surface area contributed by atoms with Gasteiger partial charge in [0.05, 0.1) is 6.54 Å². The van der Waals surface area contributed by atoms with Crippen LogP contribution in [0, 0.1) is 27.7 Å². The number of aryl methyl sites for hydroxylation is 2. The van der Waals surface area contributed by atoms with E-state index in [0.29, 0.717) is 6.54 Å². The minimum Gasteiger partial charge on any atom is -0.301 e. The van der Waals surface area contributed by atoms with Crippen molar-refractivity contribution >= 4 is 5.78 Å². The summed E-state index contributed by atoms with van der Waals surface area (Å²) in [6, 6.07) is 2.18. The molecule has 0 N–H and O–H groups in total. The van der Waals surface area contributed by atoms with Crippen molar-refractivity contribution < 1.29 is 4.79 Å². The first-order chi connectivity index (χ1) is 9.93. The maximum Gasteiger partial charge on any atom is 0.177 e. The second-order valence-corrected chi connectivity index (χ2v) is 6.27. The van der Waals surface area contributed by atoms with Crippen LogP contribution in [-0.2, 0) is 0 Å². The molecule has 1 aromatic rings. The molecule has 1 aliphatic heterocycles. The number of ketones is 1. The third kappa shape index (κ3) is 3.53. The van der Waals surface area contributed by atoms with E-state index in [1.165, 1.54) is 11.1 Å². The summed E-state index contributed by atoms with van der Waals surface area (Å²) >= 11 is 0. The number of piperazine rings is 1. The summed E-state index contributed by atoms with van der Waals surface area (Å²) in [6.07, 6.45) is 0. The average Bonchev–Trinajstić information content (AvgIpc) is 2.46. The van der Waals surface area contributed by atoms with Gasteiger partial charge >= 0.3 is 0 Å². The molecule has 0 unspecified atom stereocenters. The van der Waals surface area contributed by atoms with Crippen LogP contribution in [0.4, 0.5) is 0 Å². The lowest BCUT2D eigenvalue weighted by molar-refractivity contribution is 0.0858. The zero-order valence-electron chi connectivity index (χ0n) is 14.1. The maximum absolute atomic E-state index is 12.8. The average molecular weight is 288 g/mol. The Balaban J connectivity index is 2.11. The molecule has 1 aliphatic rings. The third-order valence-electron chi connectivity index (χ3n) is 4.92. The van der Waals surface area contributed by atoms with Crippen LogP contribution in [0.5, 0.6) is 0 Å². The number of nitrogens with zero attached hydrogens (tertiary/aromatic N) is 2. The van der Waals surface area contributed by atoms with Gasteiger partial charge < -0.3 is 4.90 Å². The van der Waals surface area contributed by atoms with E-state index in [9.17, 15) is 4.79 Å². The quantitative estimate of drug-likeness (QED) is 0.796. The number of hydrogen-bond donors (Lipinski definition) is 0. The predicted octanol–water partition coefficient (Wildman–Crippen LogP) is 2.74. The molecule has 21 heavy (non-hydrogen) atoms. The Morgan fingerprint density at radius 2 is 1.43 bits per heavy atom. The van der Waals surface area contributed by atoms with Gasteiger partial charge in [-0.2, -0.15) is 0 Å². The molecule has 3 nitrogen and oxygen atoms in total. The summed E-state index contributed by atoms with van der Waals surface area (Å²) < 4.78 is 0. The number of Topliss-reactive ketones (excluding diaryl/α,β-unsaturated/α-hetero) is 1. The number of rotatable bonds is 4. The summed E-state index contributed by atoms with van der Waals surface area (Å²) in [5, 5.41) is 0. The van der Waals surface area contributed by atoms with Gasteiger partial charge in [0.25, 0.3) is 0 Å². The molecule has 0 spiro atoms. The van der Waals surface area contributed by atoms with Gasteiger partial charge in [0, 0.05) is 31.7 Å². The SMILES string of the molecule is CCN1CCN(CC(=O)c2c(C)c(C)cc(C)c2C)CC1. The van der Waals surface area contributed by atoms with Gasteiger partial charge in [-0.1, -0.05) is 13.0 Å². The molecular formula is C18H28N2O. The Kier molecular flexibility index (Phi) is 5.17. The van der Waals surface area contributed by atoms with Crippen molar-refractivity contribution in [1.82, 2.24) is 9.80 Å². The first kappa shape index (κ1) is 16.2. The van der Waals surface area contributed by atoms with E-state index in [0.717, 1.165) is 49.4 Å². The Morgan fingerprint density at radius 3 is 1.90 bits per heavy atom. The molecule has 1 heterocycles. The fourth-order valence-corrected chi connectivity index (χ4v) is 3.18. The zero-order chi connectivity index (χ0) is 15.6. The summed E-state index contributed by atoms with van der Waals surface area (Å²) in [6.45, 7) is 16.4. The number of carbonyl (C=O) groups excluding carboxylic acids is 1. The van der Waals surface area contributed by atoms with E-state index in [-0.39, 0.29) is 5.78 Å². The van der Waals surface area contributed by atoms with Crippen LogP contribution < -0.4 is 0 Å². The molecule has 0 amide bonds. The van der Waals surface area contributed by atoms with Crippen LogP contribution in [0.1, 0.15) is 39.5 Å². The highest BCUT2D eigenvalue weighted by Gasteiger charge is 2.21. The number of likely N-dealkylation sites (N-methyl/N-ethyl adjacent to an activating group) is 1. The summed E-state index contributed by atoms with van der Waals surface area (Å²) in [5.74, 6) is 0.279. The van der Waals surface area contributed by atoms with E-state index in [2.05, 4.69) is 50.5 Å². The molecule has 0 atom stereocenters. The largest absolute Gasteiger partial charge is 0.301 e. The Morgan fingerprint density at radius 1 is 0.952 bits per heavy atom. The van der Waals surface area contributed by atoms with Crippen molar-refractivity contribution in [3.63, 3.8) is 0 Å². The van der Waals surface area contributed by atoms with Gasteiger partial charge in [-0.15, -0.1) is 0 Å². The highest BCUT2D eigenvalue weighted by atomic mass is 16.1. The zero-order valence-corrected chi connectivity index (χ0v) is 14.1. The third-order valence-corrected chi connectivity index (χ3v) is 4.92. The second-order valence-electron chi connectivity index (χ2n) is 6.27. The molecular weight excluding hydrogens is 260 g/mol. The fraction of sp³-hybridized carbons (Fsp3) is 0.611. The van der Waals surface area contributed by atoms with Crippen molar-refractivity contribution in [2.24, 2.45) is 0 Å². The smallest absolute Gasteiger partial charge is 0.177 e. The topological polar surface area (TPSA) is 23.6 Å². The van der Waals surface area contributed by atoms with Crippen LogP contribution in [0.25, 0.3) is 0 Å². The normalized spacial score (nSPS) is 17.2. The molecule has 0 aromatic heterocycles. The highest BCUT2D eigenvalue weighted by molar-refractivity contribution is 6.00. The van der Waals surface area contributed by atoms with Gasteiger partial charge in [-0.25, -0.2) is 0 Å². The van der Waals surface area contributed by atoms with Gasteiger partial charge in [-0.3, -0.25) is 9.69 Å². The van der Waals surface area contributed by atoms with E-state index in [1.54, 1.807) is 0 Å². The van der Waals surface area contributed by atoms with Crippen LogP contribution in [0.3, 0.4) is 0 Å². The Bertz CT molecular complexity index is 502. The van der Waals surface area contributed by atoms with Crippen molar-refractivity contribution in [1.29, 1.82) is 0 Å². The molecule has 0 aliphatic carbocycles. The van der Waals surface area contributed by atoms with Gasteiger partial charge in [0.1, 0.15) is 0 Å². The number of benzene rings is 1. The lowest BCUT2D eigenvalue weighted by Crippen LogP contribution is -2.47. The minimum absolute atomic E-state index is 0.279. The first-order valence-corrected chi connectivity index (χ1v) is 7.99. The fourth-order valence-electron chi connectivity index (χ4n) is 3.18. The predicted molar refractivity (Wildman–Crippen MR) is 88.3 cm³/mol. The molecule has 1 saturated heterocycles. The lowest BCUT2D eigenvalue weighted by Gasteiger charge is -2.33. The number of carbonyl (C=O) groups is 1. The van der Waals surface area contributed by atoms with E-state index in [1.807, 2.05) is 0 Å². The molecule has 116 valence electrons. The van der Waals surface area contributed by atoms with Crippen LogP contribution >= 0.6 is 0 Å². The molecule has 0 radical (unpaired) electrons. The Labute approximate surface area is 128 Å². The van der Waals surface area contributed by atoms with Crippen LogP contribution in [-0.4, -0.2) is 54.9 Å². The van der Waals surface area contributed by atoms with Gasteiger partial charge in [-0.05, 0) is 56.5 Å². The Hall–Kier alpha value is -1.19. The monoisotopic (exact) mass is 288 g/mol. The highest BCUT2D eigenvalue weighted by Crippen LogP contribution is 2.22. The van der Waals surface area contributed by atoms with E-state index in [4.69, 9.17) is 0 Å². The van der Waals surface area contributed by atoms with Crippen molar-refractivity contribution in [2.45, 2.75) is 34.6 Å². The van der Waals surface area contributed by atoms with Gasteiger partial charge in [0.2, 0.25) is 0 Å². The number of hydrogen-bond acceptors (Lipinski definition) is 3. The summed E-state index contributed by atoms with van der Waals surface area (Å²) in [7, 11) is 0. The summed E-state index contributed by atoms with van der Waals surface area (Å²) in [4.78, 5) is 17.5. The minimum atomic E-state index is 0.279. The summed E-state index contributed by atoms with van der Waals surface area (Å²) in [5.41, 5.74) is 5.69.